The number of hydrogen-bond donors (Lipinski definition) is 2. The summed E-state index contributed by atoms with van der Waals surface area (Å²) in [4.78, 5) is 9.97. The van der Waals surface area contributed by atoms with Gasteiger partial charge < -0.3 is 10.4 Å². The van der Waals surface area contributed by atoms with Gasteiger partial charge in [-0.05, 0) is 6.07 Å². The normalized spacial score (nSPS) is 10.4. The van der Waals surface area contributed by atoms with Crippen molar-refractivity contribution in [3.63, 3.8) is 0 Å². The van der Waals surface area contributed by atoms with E-state index < -0.39 is 4.92 Å². The third-order valence-electron chi connectivity index (χ3n) is 2.92. The van der Waals surface area contributed by atoms with E-state index in [1.807, 2.05) is 30.3 Å². The fourth-order valence-corrected chi connectivity index (χ4v) is 1.92. The molecule has 0 bridgehead atoms. The molecule has 0 amide bonds. The Morgan fingerprint density at radius 2 is 2.30 bits per heavy atom. The SMILES string of the molecule is C[n+]1ccn(CCCNc2ccc([N+](=O)[O-])c(O)c2)c1. The van der Waals surface area contributed by atoms with Crippen LogP contribution in [0.3, 0.4) is 0 Å². The second kappa shape index (κ2) is 6.05. The molecule has 0 atom stereocenters. The number of phenols is 1. The van der Waals surface area contributed by atoms with Gasteiger partial charge >= 0.3 is 5.69 Å². The summed E-state index contributed by atoms with van der Waals surface area (Å²) in [6.45, 7) is 1.60. The van der Waals surface area contributed by atoms with Crippen molar-refractivity contribution >= 4 is 11.4 Å². The van der Waals surface area contributed by atoms with Gasteiger partial charge in [-0.3, -0.25) is 10.1 Å². The molecule has 0 aliphatic carbocycles. The van der Waals surface area contributed by atoms with E-state index in [-0.39, 0.29) is 11.4 Å². The monoisotopic (exact) mass is 277 g/mol. The van der Waals surface area contributed by atoms with Crippen molar-refractivity contribution in [1.82, 2.24) is 4.57 Å². The third kappa shape index (κ3) is 3.47. The van der Waals surface area contributed by atoms with Crippen LogP contribution in [0.2, 0.25) is 0 Å². The average Bonchev–Trinajstić information content (AvgIpc) is 2.80. The standard InChI is InChI=1S/C13H16N4O3/c1-15-7-8-16(10-15)6-2-5-14-11-3-4-12(17(19)20)13(18)9-11/h3-4,7-10,14H,2,5-6H2,1H3/p+1. The second-order valence-electron chi connectivity index (χ2n) is 4.56. The Hall–Kier alpha value is -2.57. The number of nitro groups is 1. The van der Waals surface area contributed by atoms with Crippen LogP contribution in [-0.2, 0) is 13.6 Å². The van der Waals surface area contributed by atoms with Crippen molar-refractivity contribution in [3.05, 3.63) is 47.0 Å². The molecule has 0 fully saturated rings. The number of rotatable bonds is 6. The zero-order valence-electron chi connectivity index (χ0n) is 11.2. The van der Waals surface area contributed by atoms with Crippen LogP contribution in [0.25, 0.3) is 0 Å². The first-order valence-corrected chi connectivity index (χ1v) is 6.28. The van der Waals surface area contributed by atoms with E-state index >= 15 is 0 Å². The molecule has 0 aliphatic rings. The van der Waals surface area contributed by atoms with Gasteiger partial charge in [-0.25, -0.2) is 9.13 Å². The molecule has 106 valence electrons. The molecule has 20 heavy (non-hydrogen) atoms. The first-order chi connectivity index (χ1) is 9.56. The lowest BCUT2D eigenvalue weighted by Gasteiger charge is -2.06. The highest BCUT2D eigenvalue weighted by Crippen LogP contribution is 2.28. The number of aromatic hydroxyl groups is 1. The topological polar surface area (TPSA) is 84.2 Å². The summed E-state index contributed by atoms with van der Waals surface area (Å²) in [5.74, 6) is -0.322. The van der Waals surface area contributed by atoms with Crippen molar-refractivity contribution < 1.29 is 14.6 Å². The maximum atomic E-state index is 10.6. The quantitative estimate of drug-likeness (QED) is 0.362. The number of nitrogens with one attached hydrogen (secondary N) is 1. The molecule has 0 spiro atoms. The zero-order chi connectivity index (χ0) is 14.5. The summed E-state index contributed by atoms with van der Waals surface area (Å²) >= 11 is 0. The van der Waals surface area contributed by atoms with Gasteiger partial charge in [-0.1, -0.05) is 0 Å². The Labute approximate surface area is 116 Å². The lowest BCUT2D eigenvalue weighted by atomic mass is 10.2. The molecule has 2 aromatic rings. The molecule has 1 heterocycles. The fourth-order valence-electron chi connectivity index (χ4n) is 1.92. The Balaban J connectivity index is 1.82. The van der Waals surface area contributed by atoms with Crippen molar-refractivity contribution in [2.45, 2.75) is 13.0 Å². The first kappa shape index (κ1) is 13.9. The summed E-state index contributed by atoms with van der Waals surface area (Å²) < 4.78 is 4.05. The molecule has 1 aromatic carbocycles. The molecule has 2 N–H and O–H groups in total. The largest absolute Gasteiger partial charge is 0.502 e. The zero-order valence-corrected chi connectivity index (χ0v) is 11.2. The number of nitrogens with zero attached hydrogens (tertiary/aromatic N) is 3. The Bertz CT molecular complexity index is 609. The predicted octanol–water partition coefficient (Wildman–Crippen LogP) is 1.43. The minimum atomic E-state index is -0.606. The maximum absolute atomic E-state index is 10.6. The molecule has 0 radical (unpaired) electrons. The highest BCUT2D eigenvalue weighted by molar-refractivity contribution is 5.57. The number of imidazole rings is 1. The minimum Gasteiger partial charge on any atom is -0.502 e. The summed E-state index contributed by atoms with van der Waals surface area (Å²) in [6.07, 6.45) is 6.88. The van der Waals surface area contributed by atoms with E-state index in [0.717, 1.165) is 19.5 Å². The molecule has 0 unspecified atom stereocenters. The number of benzene rings is 1. The molecule has 1 aromatic heterocycles. The van der Waals surface area contributed by atoms with Crippen molar-refractivity contribution in [1.29, 1.82) is 0 Å². The fraction of sp³-hybridized carbons (Fsp3) is 0.308. The number of nitro benzene ring substituents is 1. The van der Waals surface area contributed by atoms with E-state index in [9.17, 15) is 15.2 Å². The summed E-state index contributed by atoms with van der Waals surface area (Å²) in [7, 11) is 1.97. The summed E-state index contributed by atoms with van der Waals surface area (Å²) in [6, 6.07) is 4.25. The van der Waals surface area contributed by atoms with Crippen molar-refractivity contribution in [2.75, 3.05) is 11.9 Å². The number of anilines is 1. The Kier molecular flexibility index (Phi) is 4.19. The molecule has 0 aliphatic heterocycles. The van der Waals surface area contributed by atoms with Crippen LogP contribution >= 0.6 is 0 Å². The lowest BCUT2D eigenvalue weighted by molar-refractivity contribution is -0.671. The molecule has 2 rings (SSSR count). The van der Waals surface area contributed by atoms with Crippen molar-refractivity contribution in [2.24, 2.45) is 7.05 Å². The van der Waals surface area contributed by atoms with Crippen LogP contribution in [0.1, 0.15) is 6.42 Å². The summed E-state index contributed by atoms with van der Waals surface area (Å²) in [5, 5.41) is 23.2. The van der Waals surface area contributed by atoms with Crippen LogP contribution in [0, 0.1) is 10.1 Å². The molecule has 0 saturated heterocycles. The number of aryl methyl sites for hydroxylation is 2. The molecule has 0 saturated carbocycles. The van der Waals surface area contributed by atoms with Gasteiger partial charge in [0.15, 0.2) is 5.75 Å². The molecular formula is C13H17N4O3+. The van der Waals surface area contributed by atoms with E-state index in [4.69, 9.17) is 0 Å². The smallest absolute Gasteiger partial charge is 0.310 e. The summed E-state index contributed by atoms with van der Waals surface area (Å²) in [5.41, 5.74) is 0.390. The van der Waals surface area contributed by atoms with Gasteiger partial charge in [0.25, 0.3) is 0 Å². The molecule has 7 nitrogen and oxygen atoms in total. The third-order valence-corrected chi connectivity index (χ3v) is 2.92. The minimum absolute atomic E-state index is 0.282. The van der Waals surface area contributed by atoms with Crippen LogP contribution in [-0.4, -0.2) is 21.1 Å². The number of hydrogen-bond acceptors (Lipinski definition) is 4. The van der Waals surface area contributed by atoms with Gasteiger partial charge in [0, 0.05) is 30.8 Å². The molecule has 7 heteroatoms. The maximum Gasteiger partial charge on any atom is 0.310 e. The lowest BCUT2D eigenvalue weighted by Crippen LogP contribution is -2.23. The van der Waals surface area contributed by atoms with Gasteiger partial charge in [0.1, 0.15) is 12.4 Å². The van der Waals surface area contributed by atoms with Gasteiger partial charge in [-0.15, -0.1) is 0 Å². The van der Waals surface area contributed by atoms with E-state index in [1.165, 1.54) is 12.1 Å². The molecular weight excluding hydrogens is 260 g/mol. The van der Waals surface area contributed by atoms with E-state index in [1.54, 1.807) is 6.07 Å². The van der Waals surface area contributed by atoms with Crippen molar-refractivity contribution in [3.8, 4) is 5.75 Å². The highest BCUT2D eigenvalue weighted by atomic mass is 16.6. The first-order valence-electron chi connectivity index (χ1n) is 6.28. The van der Waals surface area contributed by atoms with Crippen LogP contribution in [0.5, 0.6) is 5.75 Å². The van der Waals surface area contributed by atoms with Crippen LogP contribution < -0.4 is 9.88 Å². The van der Waals surface area contributed by atoms with Crippen LogP contribution in [0.15, 0.2) is 36.9 Å². The van der Waals surface area contributed by atoms with Gasteiger partial charge in [0.2, 0.25) is 6.33 Å². The number of aromatic nitrogens is 2. The second-order valence-corrected chi connectivity index (χ2v) is 4.56. The Morgan fingerprint density at radius 1 is 1.50 bits per heavy atom. The number of phenolic OH excluding ortho intramolecular Hbond substituents is 1. The predicted molar refractivity (Wildman–Crippen MR) is 73.5 cm³/mol. The van der Waals surface area contributed by atoms with Gasteiger partial charge in [0.05, 0.1) is 18.5 Å². The highest BCUT2D eigenvalue weighted by Gasteiger charge is 2.12. The Morgan fingerprint density at radius 3 is 2.90 bits per heavy atom. The van der Waals surface area contributed by atoms with E-state index in [2.05, 4.69) is 9.88 Å². The van der Waals surface area contributed by atoms with Crippen LogP contribution in [0.4, 0.5) is 11.4 Å². The van der Waals surface area contributed by atoms with Gasteiger partial charge in [-0.2, -0.15) is 0 Å². The van der Waals surface area contributed by atoms with E-state index in [0.29, 0.717) is 5.69 Å². The average molecular weight is 277 g/mol.